The Hall–Kier alpha value is -2.31. The average Bonchev–Trinajstić information content (AvgIpc) is 2.44. The number of hydrogen-bond acceptors (Lipinski definition) is 5. The number of benzene rings is 1. The van der Waals surface area contributed by atoms with Gasteiger partial charge in [-0.1, -0.05) is 11.2 Å². The van der Waals surface area contributed by atoms with Crippen molar-refractivity contribution in [2.24, 2.45) is 5.11 Å². The van der Waals surface area contributed by atoms with E-state index in [9.17, 15) is 15.2 Å². The molecule has 8 heteroatoms. The number of hydrogen-bond donors (Lipinski definition) is 1. The molecular weight excluding hydrogens is 264 g/mol. The van der Waals surface area contributed by atoms with Crippen LogP contribution in [0.25, 0.3) is 10.4 Å². The van der Waals surface area contributed by atoms with Gasteiger partial charge in [-0.05, 0) is 36.9 Å². The average molecular weight is 280 g/mol. The van der Waals surface area contributed by atoms with Crippen molar-refractivity contribution in [3.05, 3.63) is 44.3 Å². The molecule has 0 aliphatic rings. The van der Waals surface area contributed by atoms with E-state index in [1.165, 1.54) is 12.1 Å². The van der Waals surface area contributed by atoms with Gasteiger partial charge in [0.05, 0.1) is 17.6 Å². The second kappa shape index (κ2) is 7.98. The Morgan fingerprint density at radius 2 is 2.35 bits per heavy atom. The van der Waals surface area contributed by atoms with Gasteiger partial charge in [-0.25, -0.2) is 0 Å². The number of nitro groups is 1. The molecule has 20 heavy (non-hydrogen) atoms. The summed E-state index contributed by atoms with van der Waals surface area (Å²) in [6.07, 6.45) is 0.0365. The topological polar surface area (TPSA) is 121 Å². The first-order chi connectivity index (χ1) is 9.60. The second-order valence-corrected chi connectivity index (χ2v) is 4.03. The number of azide groups is 1. The third kappa shape index (κ3) is 4.42. The van der Waals surface area contributed by atoms with Gasteiger partial charge in [-0.15, -0.1) is 0 Å². The molecule has 0 aliphatic heterocycles. The maximum atomic E-state index is 11.0. The number of aliphatic hydroxyl groups is 1. The fourth-order valence-corrected chi connectivity index (χ4v) is 1.73. The maximum Gasteiger partial charge on any atom is 0.311 e. The first-order valence-electron chi connectivity index (χ1n) is 6.20. The van der Waals surface area contributed by atoms with Gasteiger partial charge < -0.3 is 9.84 Å². The third-order valence-electron chi connectivity index (χ3n) is 2.66. The molecule has 1 atom stereocenters. The summed E-state index contributed by atoms with van der Waals surface area (Å²) in [5.41, 5.74) is 8.41. The lowest BCUT2D eigenvalue weighted by molar-refractivity contribution is -0.386. The van der Waals surface area contributed by atoms with Crippen molar-refractivity contribution < 1.29 is 14.8 Å². The van der Waals surface area contributed by atoms with E-state index in [0.717, 1.165) is 0 Å². The summed E-state index contributed by atoms with van der Waals surface area (Å²) < 4.78 is 5.17. The molecule has 0 amide bonds. The van der Waals surface area contributed by atoms with E-state index in [1.807, 2.05) is 0 Å². The highest BCUT2D eigenvalue weighted by atomic mass is 16.6. The lowest BCUT2D eigenvalue weighted by Crippen LogP contribution is -2.02. The summed E-state index contributed by atoms with van der Waals surface area (Å²) in [4.78, 5) is 13.0. The van der Waals surface area contributed by atoms with E-state index >= 15 is 0 Å². The Morgan fingerprint density at radius 1 is 1.60 bits per heavy atom. The summed E-state index contributed by atoms with van der Waals surface area (Å²) in [6, 6.07) is 4.38. The Morgan fingerprint density at radius 3 is 2.95 bits per heavy atom. The van der Waals surface area contributed by atoms with Crippen molar-refractivity contribution in [3.63, 3.8) is 0 Å². The first kappa shape index (κ1) is 15.7. The summed E-state index contributed by atoms with van der Waals surface area (Å²) >= 11 is 0. The van der Waals surface area contributed by atoms with Gasteiger partial charge in [0.2, 0.25) is 0 Å². The minimum atomic E-state index is -0.835. The van der Waals surface area contributed by atoms with Crippen molar-refractivity contribution in [1.82, 2.24) is 0 Å². The highest BCUT2D eigenvalue weighted by molar-refractivity contribution is 5.49. The Bertz CT molecular complexity index is 514. The lowest BCUT2D eigenvalue weighted by atomic mass is 10.0. The van der Waals surface area contributed by atoms with Gasteiger partial charge >= 0.3 is 5.69 Å². The van der Waals surface area contributed by atoms with Crippen molar-refractivity contribution >= 4 is 5.69 Å². The number of nitro benzene ring substituents is 1. The van der Waals surface area contributed by atoms with Gasteiger partial charge in [0.25, 0.3) is 0 Å². The molecule has 1 aromatic carbocycles. The second-order valence-electron chi connectivity index (χ2n) is 4.03. The van der Waals surface area contributed by atoms with Crippen LogP contribution < -0.4 is 4.74 Å². The van der Waals surface area contributed by atoms with Crippen molar-refractivity contribution in [2.45, 2.75) is 25.9 Å². The van der Waals surface area contributed by atoms with E-state index in [-0.39, 0.29) is 18.0 Å². The van der Waals surface area contributed by atoms with Gasteiger partial charge in [-0.2, -0.15) is 0 Å². The maximum absolute atomic E-state index is 11.0. The molecule has 0 saturated heterocycles. The number of rotatable bonds is 8. The fourth-order valence-electron chi connectivity index (χ4n) is 1.73. The van der Waals surface area contributed by atoms with Crippen LogP contribution in [0.4, 0.5) is 5.69 Å². The monoisotopic (exact) mass is 280 g/mol. The molecule has 1 unspecified atom stereocenters. The van der Waals surface area contributed by atoms with E-state index in [0.29, 0.717) is 25.0 Å². The molecule has 8 nitrogen and oxygen atoms in total. The summed E-state index contributed by atoms with van der Waals surface area (Å²) in [6.45, 7) is 2.35. The van der Waals surface area contributed by atoms with Crippen LogP contribution in [0.3, 0.4) is 0 Å². The summed E-state index contributed by atoms with van der Waals surface area (Å²) in [5.74, 6) is 0.183. The first-order valence-corrected chi connectivity index (χ1v) is 6.20. The van der Waals surface area contributed by atoms with Crippen molar-refractivity contribution in [1.29, 1.82) is 0 Å². The van der Waals surface area contributed by atoms with Crippen LogP contribution >= 0.6 is 0 Å². The van der Waals surface area contributed by atoms with Crippen LogP contribution in [-0.4, -0.2) is 23.2 Å². The lowest BCUT2D eigenvalue weighted by Gasteiger charge is -2.11. The minimum Gasteiger partial charge on any atom is -0.487 e. The zero-order valence-electron chi connectivity index (χ0n) is 11.1. The fraction of sp³-hybridized carbons (Fsp3) is 0.500. The van der Waals surface area contributed by atoms with E-state index in [1.54, 1.807) is 13.0 Å². The Kier molecular flexibility index (Phi) is 6.28. The Labute approximate surface area is 115 Å². The minimum absolute atomic E-state index is 0.168. The predicted octanol–water partition coefficient (Wildman–Crippen LogP) is 3.12. The third-order valence-corrected chi connectivity index (χ3v) is 2.66. The zero-order chi connectivity index (χ0) is 15.0. The van der Waals surface area contributed by atoms with Gasteiger partial charge in [-0.3, -0.25) is 10.1 Å². The molecule has 108 valence electrons. The van der Waals surface area contributed by atoms with Crippen LogP contribution in [0.5, 0.6) is 5.75 Å². The van der Waals surface area contributed by atoms with E-state index in [4.69, 9.17) is 10.3 Å². The normalized spacial score (nSPS) is 11.5. The smallest absolute Gasteiger partial charge is 0.311 e. The molecule has 0 saturated carbocycles. The molecule has 0 aliphatic carbocycles. The largest absolute Gasteiger partial charge is 0.487 e. The molecule has 1 N–H and O–H groups in total. The number of ether oxygens (including phenoxy) is 1. The molecule has 0 heterocycles. The van der Waals surface area contributed by atoms with Crippen LogP contribution in [0.1, 0.15) is 31.4 Å². The molecule has 0 radical (unpaired) electrons. The highest BCUT2D eigenvalue weighted by Gasteiger charge is 2.18. The summed E-state index contributed by atoms with van der Waals surface area (Å²) in [5, 5.41) is 24.3. The van der Waals surface area contributed by atoms with Gasteiger partial charge in [0, 0.05) is 17.5 Å². The van der Waals surface area contributed by atoms with Gasteiger partial charge in [0.1, 0.15) is 0 Å². The molecular formula is C12H16N4O4. The van der Waals surface area contributed by atoms with E-state index in [2.05, 4.69) is 10.0 Å². The van der Waals surface area contributed by atoms with Crippen LogP contribution in [0.2, 0.25) is 0 Å². The SMILES string of the molecule is CCOc1ccc(C(O)CCCN=[N+]=[N-])cc1[N+](=O)[O-]. The quantitative estimate of drug-likeness (QED) is 0.196. The van der Waals surface area contributed by atoms with Gasteiger partial charge in [0.15, 0.2) is 5.75 Å². The van der Waals surface area contributed by atoms with E-state index < -0.39 is 11.0 Å². The van der Waals surface area contributed by atoms with Crippen LogP contribution in [-0.2, 0) is 0 Å². The molecule has 0 aromatic heterocycles. The predicted molar refractivity (Wildman–Crippen MR) is 72.5 cm³/mol. The highest BCUT2D eigenvalue weighted by Crippen LogP contribution is 2.31. The number of nitrogens with zero attached hydrogens (tertiary/aromatic N) is 4. The molecule has 0 fully saturated rings. The summed E-state index contributed by atoms with van der Waals surface area (Å²) in [7, 11) is 0. The zero-order valence-corrected chi connectivity index (χ0v) is 11.1. The standard InChI is InChI=1S/C12H16N4O4/c1-2-20-12-6-5-9(8-10(12)16(18)19)11(17)4-3-7-14-15-13/h5-6,8,11,17H,2-4,7H2,1H3. The van der Waals surface area contributed by atoms with Crippen LogP contribution in [0, 0.1) is 10.1 Å². The van der Waals surface area contributed by atoms with Crippen LogP contribution in [0.15, 0.2) is 23.3 Å². The Balaban J connectivity index is 2.82. The molecule has 1 aromatic rings. The number of aliphatic hydroxyl groups excluding tert-OH is 1. The molecule has 1 rings (SSSR count). The van der Waals surface area contributed by atoms with Crippen molar-refractivity contribution in [3.8, 4) is 5.75 Å². The van der Waals surface area contributed by atoms with Crippen molar-refractivity contribution in [2.75, 3.05) is 13.2 Å². The molecule has 0 spiro atoms. The molecule has 0 bridgehead atoms.